The molecular weight excluding hydrogens is 156 g/mol. The van der Waals surface area contributed by atoms with Crippen LogP contribution in [-0.4, -0.2) is 22.2 Å². The molecule has 0 aromatic rings. The van der Waals surface area contributed by atoms with E-state index in [1.807, 2.05) is 11.8 Å². The van der Waals surface area contributed by atoms with Crippen LogP contribution in [0.2, 0.25) is 0 Å². The molecular formula is C9H20OS. The van der Waals surface area contributed by atoms with Gasteiger partial charge in [0.1, 0.15) is 0 Å². The highest BCUT2D eigenvalue weighted by atomic mass is 32.2. The standard InChI is InChI=1S/C9H20OS/c1-7(2)5-9(10)6-11-8(3)4/h7-10H,5-6H2,1-4H3. The van der Waals surface area contributed by atoms with Crippen molar-refractivity contribution in [2.75, 3.05) is 5.75 Å². The predicted molar refractivity (Wildman–Crippen MR) is 53.1 cm³/mol. The molecule has 0 bridgehead atoms. The van der Waals surface area contributed by atoms with Crippen molar-refractivity contribution in [3.8, 4) is 0 Å². The van der Waals surface area contributed by atoms with Crippen LogP contribution in [0.5, 0.6) is 0 Å². The molecule has 1 nitrogen and oxygen atoms in total. The van der Waals surface area contributed by atoms with Gasteiger partial charge in [-0.1, -0.05) is 27.7 Å². The van der Waals surface area contributed by atoms with E-state index >= 15 is 0 Å². The van der Waals surface area contributed by atoms with E-state index in [1.165, 1.54) is 0 Å². The SMILES string of the molecule is CC(C)CC(O)CSC(C)C. The van der Waals surface area contributed by atoms with Crippen LogP contribution >= 0.6 is 11.8 Å². The molecule has 11 heavy (non-hydrogen) atoms. The Morgan fingerprint density at radius 2 is 1.73 bits per heavy atom. The zero-order chi connectivity index (χ0) is 8.85. The number of hydrogen-bond acceptors (Lipinski definition) is 2. The molecule has 0 aromatic heterocycles. The lowest BCUT2D eigenvalue weighted by molar-refractivity contribution is 0.172. The maximum absolute atomic E-state index is 9.45. The lowest BCUT2D eigenvalue weighted by atomic mass is 10.1. The summed E-state index contributed by atoms with van der Waals surface area (Å²) in [5.74, 6) is 1.49. The van der Waals surface area contributed by atoms with E-state index in [0.717, 1.165) is 12.2 Å². The third kappa shape index (κ3) is 8.21. The molecule has 0 aliphatic rings. The Labute approximate surface area is 74.6 Å². The van der Waals surface area contributed by atoms with Crippen molar-refractivity contribution < 1.29 is 5.11 Å². The van der Waals surface area contributed by atoms with E-state index in [1.54, 1.807) is 0 Å². The Morgan fingerprint density at radius 3 is 2.09 bits per heavy atom. The van der Waals surface area contributed by atoms with Crippen molar-refractivity contribution in [2.45, 2.75) is 45.5 Å². The van der Waals surface area contributed by atoms with Gasteiger partial charge < -0.3 is 5.11 Å². The third-order valence-electron chi connectivity index (χ3n) is 1.37. The van der Waals surface area contributed by atoms with Gasteiger partial charge in [-0.05, 0) is 17.6 Å². The van der Waals surface area contributed by atoms with Gasteiger partial charge in [-0.15, -0.1) is 0 Å². The molecule has 0 rings (SSSR count). The Bertz CT molecular complexity index is 91.6. The van der Waals surface area contributed by atoms with Crippen LogP contribution in [0, 0.1) is 5.92 Å². The fourth-order valence-corrected chi connectivity index (χ4v) is 1.66. The number of aliphatic hydroxyl groups excluding tert-OH is 1. The van der Waals surface area contributed by atoms with Gasteiger partial charge in [0, 0.05) is 5.75 Å². The number of thioether (sulfide) groups is 1. The predicted octanol–water partition coefficient (Wildman–Crippen LogP) is 2.54. The monoisotopic (exact) mass is 176 g/mol. The first-order chi connectivity index (χ1) is 5.02. The first-order valence-electron chi connectivity index (χ1n) is 4.32. The van der Waals surface area contributed by atoms with E-state index in [-0.39, 0.29) is 6.10 Å². The van der Waals surface area contributed by atoms with E-state index in [9.17, 15) is 5.11 Å². The molecule has 1 N–H and O–H groups in total. The minimum Gasteiger partial charge on any atom is -0.392 e. The molecule has 0 heterocycles. The Hall–Kier alpha value is 0.310. The number of hydrogen-bond donors (Lipinski definition) is 1. The van der Waals surface area contributed by atoms with Gasteiger partial charge in [-0.2, -0.15) is 11.8 Å². The maximum atomic E-state index is 9.45. The molecule has 0 aromatic carbocycles. The second kappa shape index (κ2) is 5.90. The third-order valence-corrected chi connectivity index (χ3v) is 2.61. The first kappa shape index (κ1) is 11.3. The largest absolute Gasteiger partial charge is 0.392 e. The van der Waals surface area contributed by atoms with E-state index in [2.05, 4.69) is 27.7 Å². The summed E-state index contributed by atoms with van der Waals surface area (Å²) in [6, 6.07) is 0. The van der Waals surface area contributed by atoms with Crippen LogP contribution in [0.15, 0.2) is 0 Å². The van der Waals surface area contributed by atoms with Crippen molar-refractivity contribution in [3.05, 3.63) is 0 Å². The summed E-state index contributed by atoms with van der Waals surface area (Å²) in [7, 11) is 0. The number of rotatable bonds is 5. The van der Waals surface area contributed by atoms with Gasteiger partial charge in [0.25, 0.3) is 0 Å². The normalized spacial score (nSPS) is 14.5. The summed E-state index contributed by atoms with van der Waals surface area (Å²) in [5, 5.41) is 10.1. The summed E-state index contributed by atoms with van der Waals surface area (Å²) in [5.41, 5.74) is 0. The van der Waals surface area contributed by atoms with Gasteiger partial charge in [-0.3, -0.25) is 0 Å². The molecule has 1 atom stereocenters. The summed E-state index contributed by atoms with van der Waals surface area (Å²) in [6.07, 6.45) is 0.821. The molecule has 0 radical (unpaired) electrons. The zero-order valence-electron chi connectivity index (χ0n) is 8.00. The molecule has 2 heteroatoms. The van der Waals surface area contributed by atoms with Gasteiger partial charge >= 0.3 is 0 Å². The van der Waals surface area contributed by atoms with Crippen molar-refractivity contribution in [1.82, 2.24) is 0 Å². The fraction of sp³-hybridized carbons (Fsp3) is 1.00. The van der Waals surface area contributed by atoms with Crippen LogP contribution in [-0.2, 0) is 0 Å². The molecule has 0 saturated heterocycles. The topological polar surface area (TPSA) is 20.2 Å². The Kier molecular flexibility index (Phi) is 6.06. The highest BCUT2D eigenvalue weighted by Crippen LogP contribution is 2.14. The van der Waals surface area contributed by atoms with Gasteiger partial charge in [0.05, 0.1) is 6.10 Å². The summed E-state index contributed by atoms with van der Waals surface area (Å²) < 4.78 is 0. The zero-order valence-corrected chi connectivity index (χ0v) is 8.82. The Balaban J connectivity index is 3.29. The summed E-state index contributed by atoms with van der Waals surface area (Å²) in [4.78, 5) is 0. The number of aliphatic hydroxyl groups is 1. The molecule has 0 fully saturated rings. The van der Waals surface area contributed by atoms with Crippen LogP contribution in [0.4, 0.5) is 0 Å². The highest BCUT2D eigenvalue weighted by Gasteiger charge is 2.07. The average molecular weight is 176 g/mol. The fourth-order valence-electron chi connectivity index (χ4n) is 0.916. The minimum absolute atomic E-state index is 0.109. The molecule has 0 aliphatic carbocycles. The molecule has 0 spiro atoms. The van der Waals surface area contributed by atoms with Crippen molar-refractivity contribution in [2.24, 2.45) is 5.92 Å². The smallest absolute Gasteiger partial charge is 0.0633 e. The first-order valence-corrected chi connectivity index (χ1v) is 5.37. The van der Waals surface area contributed by atoms with Crippen molar-refractivity contribution in [1.29, 1.82) is 0 Å². The van der Waals surface area contributed by atoms with Crippen LogP contribution in [0.1, 0.15) is 34.1 Å². The molecule has 0 amide bonds. The quantitative estimate of drug-likeness (QED) is 0.694. The van der Waals surface area contributed by atoms with E-state index < -0.39 is 0 Å². The molecule has 68 valence electrons. The summed E-state index contributed by atoms with van der Waals surface area (Å²) >= 11 is 1.83. The van der Waals surface area contributed by atoms with E-state index in [0.29, 0.717) is 11.2 Å². The minimum atomic E-state index is -0.109. The van der Waals surface area contributed by atoms with Crippen LogP contribution in [0.3, 0.4) is 0 Å². The van der Waals surface area contributed by atoms with Crippen LogP contribution < -0.4 is 0 Å². The molecule has 0 saturated carbocycles. The maximum Gasteiger partial charge on any atom is 0.0633 e. The van der Waals surface area contributed by atoms with Gasteiger partial charge in [0.15, 0.2) is 0 Å². The lowest BCUT2D eigenvalue weighted by Gasteiger charge is -2.13. The van der Waals surface area contributed by atoms with Gasteiger partial charge in [0.2, 0.25) is 0 Å². The average Bonchev–Trinajstić information content (AvgIpc) is 1.82. The van der Waals surface area contributed by atoms with Crippen LogP contribution in [0.25, 0.3) is 0 Å². The lowest BCUT2D eigenvalue weighted by Crippen LogP contribution is -2.14. The second-order valence-electron chi connectivity index (χ2n) is 3.67. The van der Waals surface area contributed by atoms with Gasteiger partial charge in [-0.25, -0.2) is 0 Å². The summed E-state index contributed by atoms with van der Waals surface area (Å²) in [6.45, 7) is 8.60. The highest BCUT2D eigenvalue weighted by molar-refractivity contribution is 7.99. The molecule has 1 unspecified atom stereocenters. The van der Waals surface area contributed by atoms with E-state index in [4.69, 9.17) is 0 Å². The van der Waals surface area contributed by atoms with Crippen molar-refractivity contribution >= 4 is 11.8 Å². The molecule has 0 aliphatic heterocycles. The van der Waals surface area contributed by atoms with Crippen molar-refractivity contribution in [3.63, 3.8) is 0 Å². The Morgan fingerprint density at radius 1 is 1.18 bits per heavy atom. The second-order valence-corrected chi connectivity index (χ2v) is 5.27.